The van der Waals surface area contributed by atoms with Crippen molar-refractivity contribution < 1.29 is 9.53 Å². The molecule has 2 aromatic carbocycles. The molecule has 3 aromatic rings. The number of benzene rings is 2. The molecule has 0 radical (unpaired) electrons. The second-order valence-corrected chi connectivity index (χ2v) is 6.06. The molecule has 0 bridgehead atoms. The first-order valence-electron chi connectivity index (χ1n) is 8.69. The van der Waals surface area contributed by atoms with Crippen LogP contribution < -0.4 is 10.1 Å². The van der Waals surface area contributed by atoms with Crippen LogP contribution in [0.1, 0.15) is 23.1 Å². The van der Waals surface area contributed by atoms with Crippen LogP contribution in [0.15, 0.2) is 67.0 Å². The third-order valence-corrected chi connectivity index (χ3v) is 4.30. The first kappa shape index (κ1) is 17.7. The van der Waals surface area contributed by atoms with Crippen LogP contribution in [0.3, 0.4) is 0 Å². The van der Waals surface area contributed by atoms with Gasteiger partial charge in [0.25, 0.3) is 0 Å². The summed E-state index contributed by atoms with van der Waals surface area (Å²) in [5.41, 5.74) is 3.30. The number of ether oxygens (including phenoxy) is 1. The van der Waals surface area contributed by atoms with Gasteiger partial charge < -0.3 is 10.1 Å². The fourth-order valence-electron chi connectivity index (χ4n) is 2.89. The fraction of sp³-hybridized carbons (Fsp3) is 0.238. The van der Waals surface area contributed by atoms with E-state index in [0.717, 1.165) is 22.4 Å². The van der Waals surface area contributed by atoms with Gasteiger partial charge in [-0.15, -0.1) is 0 Å². The van der Waals surface area contributed by atoms with Crippen LogP contribution in [0.4, 0.5) is 0 Å². The second kappa shape index (κ2) is 8.85. The lowest BCUT2D eigenvalue weighted by atomic mass is 10.1. The second-order valence-electron chi connectivity index (χ2n) is 6.06. The van der Waals surface area contributed by atoms with Gasteiger partial charge in [-0.1, -0.05) is 42.5 Å². The lowest BCUT2D eigenvalue weighted by molar-refractivity contribution is -0.121. The summed E-state index contributed by atoms with van der Waals surface area (Å²) in [6.07, 6.45) is 4.79. The van der Waals surface area contributed by atoms with Crippen molar-refractivity contribution in [3.8, 4) is 5.75 Å². The Hall–Kier alpha value is -3.08. The maximum absolute atomic E-state index is 12.2. The molecule has 0 fully saturated rings. The Kier molecular flexibility index (Phi) is 6.04. The quantitative estimate of drug-likeness (QED) is 0.679. The van der Waals surface area contributed by atoms with Crippen molar-refractivity contribution in [1.82, 2.24) is 15.1 Å². The number of hydrogen-bond acceptors (Lipinski definition) is 3. The average molecular weight is 349 g/mol. The molecule has 134 valence electrons. The van der Waals surface area contributed by atoms with Crippen LogP contribution in [0, 0.1) is 0 Å². The molecule has 26 heavy (non-hydrogen) atoms. The van der Waals surface area contributed by atoms with Gasteiger partial charge in [0.15, 0.2) is 0 Å². The highest BCUT2D eigenvalue weighted by Gasteiger charge is 2.08. The van der Waals surface area contributed by atoms with Crippen molar-refractivity contribution >= 4 is 5.91 Å². The van der Waals surface area contributed by atoms with Gasteiger partial charge in [-0.25, -0.2) is 0 Å². The van der Waals surface area contributed by atoms with Crippen molar-refractivity contribution in [3.63, 3.8) is 0 Å². The fourth-order valence-corrected chi connectivity index (χ4v) is 2.89. The Morgan fingerprint density at radius 1 is 1.04 bits per heavy atom. The minimum Gasteiger partial charge on any atom is -0.496 e. The zero-order valence-corrected chi connectivity index (χ0v) is 14.9. The summed E-state index contributed by atoms with van der Waals surface area (Å²) < 4.78 is 7.21. The number of carbonyl (C=O) groups excluding carboxylic acids is 1. The standard InChI is InChI=1S/C21H23N3O2/c1-26-20-10-5-4-7-17(20)11-12-21(25)22-15-18-8-2-3-9-19(18)16-24-14-6-13-23-24/h2-10,13-14H,11-12,15-16H2,1H3,(H,22,25). The van der Waals surface area contributed by atoms with Crippen molar-refractivity contribution in [1.29, 1.82) is 0 Å². The minimum absolute atomic E-state index is 0.0322. The zero-order chi connectivity index (χ0) is 18.2. The molecular formula is C21H23N3O2. The van der Waals surface area contributed by atoms with Crippen LogP contribution in [-0.2, 0) is 24.3 Å². The highest BCUT2D eigenvalue weighted by atomic mass is 16.5. The van der Waals surface area contributed by atoms with E-state index in [-0.39, 0.29) is 5.91 Å². The molecule has 1 amide bonds. The van der Waals surface area contributed by atoms with E-state index in [9.17, 15) is 4.79 Å². The molecule has 5 heteroatoms. The van der Waals surface area contributed by atoms with Crippen molar-refractivity contribution in [2.45, 2.75) is 25.9 Å². The number of nitrogens with zero attached hydrogens (tertiary/aromatic N) is 2. The van der Waals surface area contributed by atoms with Crippen LogP contribution in [-0.4, -0.2) is 22.8 Å². The number of carbonyl (C=O) groups is 1. The van der Waals surface area contributed by atoms with Crippen LogP contribution in [0.2, 0.25) is 0 Å². The number of nitrogens with one attached hydrogen (secondary N) is 1. The molecule has 1 heterocycles. The minimum atomic E-state index is 0.0322. The van der Waals surface area contributed by atoms with Gasteiger partial charge in [-0.2, -0.15) is 5.10 Å². The summed E-state index contributed by atoms with van der Waals surface area (Å²) in [7, 11) is 1.65. The lowest BCUT2D eigenvalue weighted by Crippen LogP contribution is -2.24. The van der Waals surface area contributed by atoms with E-state index < -0.39 is 0 Å². The number of rotatable bonds is 8. The predicted octanol–water partition coefficient (Wildman–Crippen LogP) is 3.19. The van der Waals surface area contributed by atoms with E-state index in [1.807, 2.05) is 59.4 Å². The van der Waals surface area contributed by atoms with E-state index >= 15 is 0 Å². The maximum atomic E-state index is 12.2. The first-order chi connectivity index (χ1) is 12.8. The van der Waals surface area contributed by atoms with Gasteiger partial charge in [0, 0.05) is 25.4 Å². The number of amides is 1. The number of aromatic nitrogens is 2. The molecule has 0 saturated heterocycles. The van der Waals surface area contributed by atoms with Crippen LogP contribution in [0.5, 0.6) is 5.75 Å². The van der Waals surface area contributed by atoms with Gasteiger partial charge in [0.1, 0.15) is 5.75 Å². The van der Waals surface area contributed by atoms with Gasteiger partial charge >= 0.3 is 0 Å². The molecule has 3 rings (SSSR count). The number of methoxy groups -OCH3 is 1. The van der Waals surface area contributed by atoms with E-state index in [2.05, 4.69) is 16.5 Å². The smallest absolute Gasteiger partial charge is 0.220 e. The molecule has 5 nitrogen and oxygen atoms in total. The van der Waals surface area contributed by atoms with Crippen LogP contribution in [0.25, 0.3) is 0 Å². The van der Waals surface area contributed by atoms with Gasteiger partial charge in [-0.3, -0.25) is 9.48 Å². The normalized spacial score (nSPS) is 10.5. The lowest BCUT2D eigenvalue weighted by Gasteiger charge is -2.12. The van der Waals surface area contributed by atoms with Crippen molar-refractivity contribution in [3.05, 3.63) is 83.7 Å². The molecule has 1 aromatic heterocycles. The van der Waals surface area contributed by atoms with Crippen LogP contribution >= 0.6 is 0 Å². The summed E-state index contributed by atoms with van der Waals surface area (Å²) in [4.78, 5) is 12.2. The molecular weight excluding hydrogens is 326 g/mol. The summed E-state index contributed by atoms with van der Waals surface area (Å²) in [5.74, 6) is 0.856. The maximum Gasteiger partial charge on any atom is 0.220 e. The number of hydrogen-bond donors (Lipinski definition) is 1. The summed E-state index contributed by atoms with van der Waals surface area (Å²) >= 11 is 0. The van der Waals surface area contributed by atoms with E-state index in [4.69, 9.17) is 4.74 Å². The van der Waals surface area contributed by atoms with Gasteiger partial charge in [-0.05, 0) is 35.2 Å². The molecule has 1 N–H and O–H groups in total. The molecule has 0 atom stereocenters. The Balaban J connectivity index is 1.55. The third kappa shape index (κ3) is 4.72. The predicted molar refractivity (Wildman–Crippen MR) is 101 cm³/mol. The summed E-state index contributed by atoms with van der Waals surface area (Å²) in [6, 6.07) is 17.8. The molecule has 0 unspecified atom stereocenters. The Morgan fingerprint density at radius 3 is 2.50 bits per heavy atom. The summed E-state index contributed by atoms with van der Waals surface area (Å²) in [6.45, 7) is 1.21. The Morgan fingerprint density at radius 2 is 1.77 bits per heavy atom. The largest absolute Gasteiger partial charge is 0.496 e. The molecule has 0 aliphatic carbocycles. The highest BCUT2D eigenvalue weighted by molar-refractivity contribution is 5.76. The topological polar surface area (TPSA) is 56.1 Å². The number of para-hydroxylation sites is 1. The highest BCUT2D eigenvalue weighted by Crippen LogP contribution is 2.18. The van der Waals surface area contributed by atoms with Crippen molar-refractivity contribution in [2.75, 3.05) is 7.11 Å². The molecule has 0 aliphatic heterocycles. The van der Waals surface area contributed by atoms with E-state index in [1.54, 1.807) is 13.3 Å². The average Bonchev–Trinajstić information content (AvgIpc) is 3.19. The monoisotopic (exact) mass is 349 g/mol. The zero-order valence-electron chi connectivity index (χ0n) is 14.9. The summed E-state index contributed by atoms with van der Waals surface area (Å²) in [5, 5.41) is 7.26. The van der Waals surface area contributed by atoms with Gasteiger partial charge in [0.2, 0.25) is 5.91 Å². The molecule has 0 saturated carbocycles. The van der Waals surface area contributed by atoms with E-state index in [1.165, 1.54) is 0 Å². The van der Waals surface area contributed by atoms with Crippen molar-refractivity contribution in [2.24, 2.45) is 0 Å². The van der Waals surface area contributed by atoms with Gasteiger partial charge in [0.05, 0.1) is 13.7 Å². The Bertz CT molecular complexity index is 844. The number of aryl methyl sites for hydroxylation is 1. The molecule has 0 aliphatic rings. The van der Waals surface area contributed by atoms with E-state index in [0.29, 0.717) is 25.9 Å². The SMILES string of the molecule is COc1ccccc1CCC(=O)NCc1ccccc1Cn1cccn1. The molecule has 0 spiro atoms. The Labute approximate surface area is 153 Å². The third-order valence-electron chi connectivity index (χ3n) is 4.30. The first-order valence-corrected chi connectivity index (χ1v) is 8.69.